The van der Waals surface area contributed by atoms with Crippen molar-refractivity contribution in [1.29, 1.82) is 0 Å². The maximum Gasteiger partial charge on any atom is 0.244 e. The summed E-state index contributed by atoms with van der Waals surface area (Å²) in [5, 5.41) is 2.62. The zero-order valence-corrected chi connectivity index (χ0v) is 11.5. The summed E-state index contributed by atoms with van der Waals surface area (Å²) < 4.78 is 5.12. The van der Waals surface area contributed by atoms with Crippen molar-refractivity contribution in [3.8, 4) is 5.75 Å². The second-order valence-corrected chi connectivity index (χ2v) is 5.22. The number of piperidine rings is 1. The van der Waals surface area contributed by atoms with E-state index in [0.717, 1.165) is 4.90 Å². The average Bonchev–Trinajstić information content (AvgIpc) is 3.21. The number of benzene rings is 1. The Morgan fingerprint density at radius 3 is 2.67 bits per heavy atom. The molecule has 0 aromatic heterocycles. The van der Waals surface area contributed by atoms with Gasteiger partial charge < -0.3 is 15.8 Å². The van der Waals surface area contributed by atoms with Crippen LogP contribution in [0.2, 0.25) is 0 Å². The first-order valence-electron chi connectivity index (χ1n) is 6.60. The summed E-state index contributed by atoms with van der Waals surface area (Å²) >= 11 is 0. The summed E-state index contributed by atoms with van der Waals surface area (Å²) in [7, 11) is 1.46. The van der Waals surface area contributed by atoms with Crippen LogP contribution < -0.4 is 15.8 Å². The van der Waals surface area contributed by atoms with E-state index >= 15 is 0 Å². The summed E-state index contributed by atoms with van der Waals surface area (Å²) in [6.45, 7) is -0.266. The van der Waals surface area contributed by atoms with Crippen LogP contribution >= 0.6 is 0 Å². The normalized spacial score (nSPS) is 23.0. The van der Waals surface area contributed by atoms with Gasteiger partial charge in [-0.25, -0.2) is 0 Å². The van der Waals surface area contributed by atoms with Crippen LogP contribution in [0.3, 0.4) is 0 Å². The molecule has 1 aliphatic heterocycles. The number of nitrogens with zero attached hydrogens (tertiary/aromatic N) is 1. The lowest BCUT2D eigenvalue weighted by atomic mass is 10.2. The Kier molecular flexibility index (Phi) is 3.04. The number of imide groups is 1. The predicted molar refractivity (Wildman–Crippen MR) is 74.4 cm³/mol. The van der Waals surface area contributed by atoms with Gasteiger partial charge in [0.15, 0.2) is 0 Å². The number of carbonyl (C=O) groups excluding carboxylic acids is 3. The lowest BCUT2D eigenvalue weighted by Crippen LogP contribution is -2.39. The molecule has 1 aromatic carbocycles. The van der Waals surface area contributed by atoms with E-state index in [-0.39, 0.29) is 30.2 Å². The van der Waals surface area contributed by atoms with E-state index in [1.165, 1.54) is 7.11 Å². The fraction of sp³-hybridized carbons (Fsp3) is 0.357. The highest BCUT2D eigenvalue weighted by Gasteiger charge is 2.59. The van der Waals surface area contributed by atoms with Crippen molar-refractivity contribution in [2.45, 2.75) is 6.42 Å². The number of carbonyl (C=O) groups is 3. The summed E-state index contributed by atoms with van der Waals surface area (Å²) in [5.41, 5.74) is 6.59. The highest BCUT2D eigenvalue weighted by atomic mass is 16.5. The number of amides is 3. The number of fused-ring (bicyclic) bond motifs is 1. The van der Waals surface area contributed by atoms with E-state index < -0.39 is 5.91 Å². The molecule has 2 aliphatic rings. The Balaban J connectivity index is 1.67. The maximum atomic E-state index is 12.0. The Hall–Kier alpha value is -2.57. The van der Waals surface area contributed by atoms with Crippen LogP contribution in [0.15, 0.2) is 18.2 Å². The predicted octanol–water partition coefficient (Wildman–Crippen LogP) is 0.221. The zero-order chi connectivity index (χ0) is 15.1. The zero-order valence-electron chi connectivity index (χ0n) is 11.5. The molecule has 3 amide bonds. The van der Waals surface area contributed by atoms with Crippen LogP contribution in [-0.4, -0.2) is 36.3 Å². The quantitative estimate of drug-likeness (QED) is 0.610. The van der Waals surface area contributed by atoms with Crippen molar-refractivity contribution in [3.63, 3.8) is 0 Å². The molecule has 2 unspecified atom stereocenters. The first-order chi connectivity index (χ1) is 10.0. The molecule has 7 heteroatoms. The van der Waals surface area contributed by atoms with E-state index in [4.69, 9.17) is 10.5 Å². The van der Waals surface area contributed by atoms with Gasteiger partial charge >= 0.3 is 0 Å². The minimum Gasteiger partial charge on any atom is -0.494 e. The number of methoxy groups -OCH3 is 1. The number of likely N-dealkylation sites (tertiary alicyclic amines) is 1. The second kappa shape index (κ2) is 4.76. The first-order valence-corrected chi connectivity index (χ1v) is 6.60. The van der Waals surface area contributed by atoms with Gasteiger partial charge in [0.25, 0.3) is 0 Å². The molecule has 1 aliphatic carbocycles. The van der Waals surface area contributed by atoms with Gasteiger partial charge in [-0.05, 0) is 18.6 Å². The number of ether oxygens (including phenoxy) is 1. The van der Waals surface area contributed by atoms with E-state index in [1.54, 1.807) is 18.2 Å². The summed E-state index contributed by atoms with van der Waals surface area (Å²) in [5.74, 6) is -0.909. The van der Waals surface area contributed by atoms with Crippen LogP contribution in [-0.2, 0) is 14.4 Å². The van der Waals surface area contributed by atoms with E-state index in [9.17, 15) is 14.4 Å². The molecular weight excluding hydrogens is 274 g/mol. The largest absolute Gasteiger partial charge is 0.494 e. The Morgan fingerprint density at radius 1 is 1.38 bits per heavy atom. The topological polar surface area (TPSA) is 102 Å². The number of nitrogens with one attached hydrogen (secondary N) is 1. The monoisotopic (exact) mass is 289 g/mol. The second-order valence-electron chi connectivity index (χ2n) is 5.22. The minimum atomic E-state index is -0.443. The van der Waals surface area contributed by atoms with Gasteiger partial charge in [-0.2, -0.15) is 0 Å². The summed E-state index contributed by atoms with van der Waals surface area (Å²) in [6.07, 6.45) is 0.627. The summed E-state index contributed by atoms with van der Waals surface area (Å²) in [4.78, 5) is 36.6. The SMILES string of the molecule is COc1cc(N)ccc1NC(=O)CN1C(=O)C2CC2C1=O. The molecule has 2 atom stereocenters. The number of hydrogen-bond donors (Lipinski definition) is 2. The van der Waals surface area contributed by atoms with Gasteiger partial charge in [0, 0.05) is 11.8 Å². The van der Waals surface area contributed by atoms with Crippen LogP contribution in [0.5, 0.6) is 5.75 Å². The Bertz CT molecular complexity index is 623. The fourth-order valence-electron chi connectivity index (χ4n) is 2.55. The molecular formula is C14H15N3O4. The molecule has 0 spiro atoms. The van der Waals surface area contributed by atoms with Crippen molar-refractivity contribution < 1.29 is 19.1 Å². The van der Waals surface area contributed by atoms with E-state index in [0.29, 0.717) is 23.5 Å². The van der Waals surface area contributed by atoms with Gasteiger partial charge in [-0.1, -0.05) is 0 Å². The average molecular weight is 289 g/mol. The Morgan fingerprint density at radius 2 is 2.05 bits per heavy atom. The fourth-order valence-corrected chi connectivity index (χ4v) is 2.55. The standard InChI is InChI=1S/C14H15N3O4/c1-21-11-4-7(15)2-3-10(11)16-12(18)6-17-13(19)8-5-9(8)14(17)20/h2-4,8-9H,5-6,15H2,1H3,(H,16,18). The highest BCUT2D eigenvalue weighted by Crippen LogP contribution is 2.46. The third kappa shape index (κ3) is 2.31. The number of anilines is 2. The number of hydrogen-bond acceptors (Lipinski definition) is 5. The van der Waals surface area contributed by atoms with Gasteiger partial charge in [0.05, 0.1) is 24.6 Å². The van der Waals surface area contributed by atoms with Crippen molar-refractivity contribution in [3.05, 3.63) is 18.2 Å². The van der Waals surface area contributed by atoms with Crippen LogP contribution in [0.25, 0.3) is 0 Å². The number of nitrogen functional groups attached to an aromatic ring is 1. The van der Waals surface area contributed by atoms with Crippen molar-refractivity contribution in [2.24, 2.45) is 11.8 Å². The number of rotatable bonds is 4. The molecule has 110 valence electrons. The molecule has 1 aromatic rings. The molecule has 1 heterocycles. The lowest BCUT2D eigenvalue weighted by molar-refractivity contribution is -0.143. The van der Waals surface area contributed by atoms with Crippen LogP contribution in [0.4, 0.5) is 11.4 Å². The van der Waals surface area contributed by atoms with Crippen LogP contribution in [0, 0.1) is 11.8 Å². The van der Waals surface area contributed by atoms with Crippen molar-refractivity contribution in [2.75, 3.05) is 24.7 Å². The van der Waals surface area contributed by atoms with Crippen molar-refractivity contribution in [1.82, 2.24) is 4.90 Å². The molecule has 2 fully saturated rings. The minimum absolute atomic E-state index is 0.198. The van der Waals surface area contributed by atoms with Crippen molar-refractivity contribution >= 4 is 29.1 Å². The Labute approximate surface area is 121 Å². The lowest BCUT2D eigenvalue weighted by Gasteiger charge is -2.16. The van der Waals surface area contributed by atoms with Gasteiger partial charge in [-0.15, -0.1) is 0 Å². The molecule has 1 saturated carbocycles. The highest BCUT2D eigenvalue weighted by molar-refractivity contribution is 6.11. The van der Waals surface area contributed by atoms with Gasteiger partial charge in [-0.3, -0.25) is 19.3 Å². The molecule has 7 nitrogen and oxygen atoms in total. The van der Waals surface area contributed by atoms with E-state index in [2.05, 4.69) is 5.32 Å². The third-order valence-corrected chi connectivity index (χ3v) is 3.76. The molecule has 21 heavy (non-hydrogen) atoms. The van der Waals surface area contributed by atoms with E-state index in [1.807, 2.05) is 0 Å². The maximum absolute atomic E-state index is 12.0. The van der Waals surface area contributed by atoms with Gasteiger partial charge in [0.1, 0.15) is 12.3 Å². The molecule has 0 bridgehead atoms. The molecule has 1 saturated heterocycles. The number of nitrogens with two attached hydrogens (primary N) is 1. The first kappa shape index (κ1) is 13.4. The van der Waals surface area contributed by atoms with Crippen LogP contribution in [0.1, 0.15) is 6.42 Å². The molecule has 0 radical (unpaired) electrons. The molecule has 3 N–H and O–H groups in total. The summed E-state index contributed by atoms with van der Waals surface area (Å²) in [6, 6.07) is 4.81. The third-order valence-electron chi connectivity index (χ3n) is 3.76. The smallest absolute Gasteiger partial charge is 0.244 e. The van der Waals surface area contributed by atoms with Gasteiger partial charge in [0.2, 0.25) is 17.7 Å². The molecule has 3 rings (SSSR count).